The largest absolute Gasteiger partial charge is 0.368 e. The third-order valence-corrected chi connectivity index (χ3v) is 3.04. The molecule has 0 atom stereocenters. The molecule has 0 bridgehead atoms. The maximum Gasteiger partial charge on any atom is 0.236 e. The molecule has 1 heterocycles. The second-order valence-electron chi connectivity index (χ2n) is 4.10. The molecule has 0 saturated heterocycles. The van der Waals surface area contributed by atoms with Crippen molar-refractivity contribution in [1.82, 2.24) is 4.98 Å². The average molecular weight is 213 g/mol. The normalized spacial score (nSPS) is 11.4. The van der Waals surface area contributed by atoms with Crippen molar-refractivity contribution in [2.75, 3.05) is 11.9 Å². The number of rotatable bonds is 3. The standard InChI is InChI=1S/C9H15N3OS/c1-9(2,3)6-4-11-8(14-6)12-5-7(10)13/h4H,5H2,1-3H3,(H2,10,13)(H,11,12). The fraction of sp³-hybridized carbons (Fsp3) is 0.556. The van der Waals surface area contributed by atoms with Gasteiger partial charge in [-0.15, -0.1) is 11.3 Å². The first-order chi connectivity index (χ1) is 6.39. The number of carbonyl (C=O) groups is 1. The van der Waals surface area contributed by atoms with Gasteiger partial charge in [0.15, 0.2) is 5.13 Å². The first kappa shape index (κ1) is 11.0. The van der Waals surface area contributed by atoms with Crippen LogP contribution in [0.25, 0.3) is 0 Å². The number of anilines is 1. The highest BCUT2D eigenvalue weighted by Gasteiger charge is 2.16. The lowest BCUT2D eigenvalue weighted by Crippen LogP contribution is -2.21. The van der Waals surface area contributed by atoms with Gasteiger partial charge in [0.05, 0.1) is 6.54 Å². The summed E-state index contributed by atoms with van der Waals surface area (Å²) in [5.41, 5.74) is 5.11. The summed E-state index contributed by atoms with van der Waals surface area (Å²) in [5.74, 6) is -0.377. The Labute approximate surface area is 87.5 Å². The molecule has 5 heteroatoms. The molecular weight excluding hydrogens is 198 g/mol. The van der Waals surface area contributed by atoms with E-state index < -0.39 is 0 Å². The van der Waals surface area contributed by atoms with Crippen LogP contribution in [0.5, 0.6) is 0 Å². The average Bonchev–Trinajstić information content (AvgIpc) is 2.47. The van der Waals surface area contributed by atoms with Gasteiger partial charge in [0, 0.05) is 11.1 Å². The van der Waals surface area contributed by atoms with E-state index in [1.54, 1.807) is 11.3 Å². The van der Waals surface area contributed by atoms with Crippen LogP contribution in [0.2, 0.25) is 0 Å². The lowest BCUT2D eigenvalue weighted by Gasteiger charge is -2.14. The first-order valence-corrected chi connectivity index (χ1v) is 5.20. The second-order valence-corrected chi connectivity index (χ2v) is 5.13. The third-order valence-electron chi connectivity index (χ3n) is 1.66. The van der Waals surface area contributed by atoms with Gasteiger partial charge >= 0.3 is 0 Å². The fourth-order valence-corrected chi connectivity index (χ4v) is 1.73. The molecule has 0 unspecified atom stereocenters. The number of hydrogen-bond donors (Lipinski definition) is 2. The number of nitrogens with two attached hydrogens (primary N) is 1. The zero-order chi connectivity index (χ0) is 10.8. The van der Waals surface area contributed by atoms with Crippen LogP contribution in [0.4, 0.5) is 5.13 Å². The molecule has 0 spiro atoms. The van der Waals surface area contributed by atoms with Gasteiger partial charge in [-0.3, -0.25) is 4.79 Å². The van der Waals surface area contributed by atoms with E-state index in [0.717, 1.165) is 5.13 Å². The Hall–Kier alpha value is -1.10. The quantitative estimate of drug-likeness (QED) is 0.796. The molecule has 4 nitrogen and oxygen atoms in total. The van der Waals surface area contributed by atoms with Crippen LogP contribution in [-0.4, -0.2) is 17.4 Å². The smallest absolute Gasteiger partial charge is 0.236 e. The van der Waals surface area contributed by atoms with E-state index in [4.69, 9.17) is 5.73 Å². The van der Waals surface area contributed by atoms with Gasteiger partial charge in [0.25, 0.3) is 0 Å². The second kappa shape index (κ2) is 3.96. The number of amides is 1. The van der Waals surface area contributed by atoms with Gasteiger partial charge in [-0.1, -0.05) is 20.8 Å². The Kier molecular flexibility index (Phi) is 3.10. The van der Waals surface area contributed by atoms with Crippen LogP contribution in [0, 0.1) is 0 Å². The Morgan fingerprint density at radius 2 is 2.29 bits per heavy atom. The predicted octanol–water partition coefficient (Wildman–Crippen LogP) is 1.34. The topological polar surface area (TPSA) is 68.0 Å². The summed E-state index contributed by atoms with van der Waals surface area (Å²) in [6.07, 6.45) is 1.83. The van der Waals surface area contributed by atoms with E-state index in [9.17, 15) is 4.79 Å². The lowest BCUT2D eigenvalue weighted by molar-refractivity contribution is -0.116. The van der Waals surface area contributed by atoms with Gasteiger partial charge in [-0.05, 0) is 5.41 Å². The van der Waals surface area contributed by atoms with Gasteiger partial charge < -0.3 is 11.1 Å². The molecule has 0 saturated carbocycles. The van der Waals surface area contributed by atoms with Crippen molar-refractivity contribution in [3.05, 3.63) is 11.1 Å². The third kappa shape index (κ3) is 2.99. The zero-order valence-electron chi connectivity index (χ0n) is 8.63. The van der Waals surface area contributed by atoms with Crippen molar-refractivity contribution in [2.45, 2.75) is 26.2 Å². The van der Waals surface area contributed by atoms with E-state index >= 15 is 0 Å². The minimum Gasteiger partial charge on any atom is -0.368 e. The van der Waals surface area contributed by atoms with Crippen molar-refractivity contribution in [3.8, 4) is 0 Å². The summed E-state index contributed by atoms with van der Waals surface area (Å²) in [5, 5.41) is 3.61. The van der Waals surface area contributed by atoms with Crippen molar-refractivity contribution < 1.29 is 4.79 Å². The number of nitrogens with one attached hydrogen (secondary N) is 1. The Bertz CT molecular complexity index is 327. The summed E-state index contributed by atoms with van der Waals surface area (Å²) in [4.78, 5) is 15.9. The number of carbonyl (C=O) groups excluding carboxylic acids is 1. The minimum atomic E-state index is -0.377. The number of thiazole rings is 1. The SMILES string of the molecule is CC(C)(C)c1cnc(NCC(N)=O)s1. The Morgan fingerprint density at radius 1 is 1.64 bits per heavy atom. The molecule has 0 aliphatic heterocycles. The molecule has 0 aliphatic carbocycles. The van der Waals surface area contributed by atoms with E-state index in [1.807, 2.05) is 6.20 Å². The predicted molar refractivity (Wildman–Crippen MR) is 58.5 cm³/mol. The first-order valence-electron chi connectivity index (χ1n) is 4.38. The highest BCUT2D eigenvalue weighted by Crippen LogP contribution is 2.29. The summed E-state index contributed by atoms with van der Waals surface area (Å²) < 4.78 is 0. The van der Waals surface area contributed by atoms with Crippen LogP contribution < -0.4 is 11.1 Å². The zero-order valence-corrected chi connectivity index (χ0v) is 9.44. The van der Waals surface area contributed by atoms with E-state index in [1.165, 1.54) is 4.88 Å². The molecule has 0 radical (unpaired) electrons. The maximum absolute atomic E-state index is 10.5. The number of nitrogens with zero attached hydrogens (tertiary/aromatic N) is 1. The maximum atomic E-state index is 10.5. The molecular formula is C9H15N3OS. The summed E-state index contributed by atoms with van der Waals surface area (Å²) in [6, 6.07) is 0. The van der Waals surface area contributed by atoms with Gasteiger partial charge in [0.2, 0.25) is 5.91 Å². The summed E-state index contributed by atoms with van der Waals surface area (Å²) >= 11 is 1.55. The summed E-state index contributed by atoms with van der Waals surface area (Å²) in [7, 11) is 0. The Morgan fingerprint density at radius 3 is 2.71 bits per heavy atom. The van der Waals surface area contributed by atoms with Crippen LogP contribution in [0.1, 0.15) is 25.6 Å². The fourth-order valence-electron chi connectivity index (χ4n) is 0.865. The van der Waals surface area contributed by atoms with Gasteiger partial charge in [-0.2, -0.15) is 0 Å². The van der Waals surface area contributed by atoms with Gasteiger partial charge in [0.1, 0.15) is 0 Å². The molecule has 0 aromatic carbocycles. The van der Waals surface area contributed by atoms with Crippen molar-refractivity contribution in [1.29, 1.82) is 0 Å². The van der Waals surface area contributed by atoms with Crippen LogP contribution in [0.3, 0.4) is 0 Å². The Balaban J connectivity index is 2.64. The molecule has 0 aliphatic rings. The number of primary amides is 1. The monoisotopic (exact) mass is 213 g/mol. The summed E-state index contributed by atoms with van der Waals surface area (Å²) in [6.45, 7) is 6.51. The van der Waals surface area contributed by atoms with Crippen LogP contribution in [-0.2, 0) is 10.2 Å². The molecule has 0 fully saturated rings. The molecule has 1 aromatic heterocycles. The number of aromatic nitrogens is 1. The van der Waals surface area contributed by atoms with Crippen molar-refractivity contribution in [3.63, 3.8) is 0 Å². The molecule has 14 heavy (non-hydrogen) atoms. The van der Waals surface area contributed by atoms with Crippen molar-refractivity contribution in [2.24, 2.45) is 5.73 Å². The van der Waals surface area contributed by atoms with E-state index in [-0.39, 0.29) is 17.9 Å². The molecule has 1 amide bonds. The molecule has 3 N–H and O–H groups in total. The molecule has 78 valence electrons. The highest BCUT2D eigenvalue weighted by atomic mass is 32.1. The minimum absolute atomic E-state index is 0.102. The van der Waals surface area contributed by atoms with E-state index in [2.05, 4.69) is 31.1 Å². The highest BCUT2D eigenvalue weighted by molar-refractivity contribution is 7.15. The lowest BCUT2D eigenvalue weighted by atomic mass is 9.96. The molecule has 1 rings (SSSR count). The van der Waals surface area contributed by atoms with Gasteiger partial charge in [-0.25, -0.2) is 4.98 Å². The van der Waals surface area contributed by atoms with E-state index in [0.29, 0.717) is 0 Å². The molecule has 1 aromatic rings. The van der Waals surface area contributed by atoms with Crippen molar-refractivity contribution >= 4 is 22.4 Å². The number of hydrogen-bond acceptors (Lipinski definition) is 4. The van der Waals surface area contributed by atoms with Crippen LogP contribution in [0.15, 0.2) is 6.20 Å². The van der Waals surface area contributed by atoms with Crippen LogP contribution >= 0.6 is 11.3 Å².